The number of urea groups is 1. The predicted octanol–water partition coefficient (Wildman–Crippen LogP) is 3.06. The fourth-order valence-electron chi connectivity index (χ4n) is 3.49. The molecule has 7 heteroatoms. The second-order valence-corrected chi connectivity index (χ2v) is 8.61. The van der Waals surface area contributed by atoms with Crippen LogP contribution >= 0.6 is 0 Å². The molecule has 3 amide bonds. The largest absolute Gasteiger partial charge is 0.459 e. The highest BCUT2D eigenvalue weighted by Gasteiger charge is 2.29. The van der Waals surface area contributed by atoms with Crippen molar-refractivity contribution in [2.45, 2.75) is 71.1 Å². The Morgan fingerprint density at radius 2 is 1.83 bits per heavy atom. The Hall–Kier alpha value is -2.57. The Kier molecular flexibility index (Phi) is 8.05. The van der Waals surface area contributed by atoms with Gasteiger partial charge < -0.3 is 20.7 Å². The van der Waals surface area contributed by atoms with Gasteiger partial charge in [0.25, 0.3) is 0 Å². The number of benzene rings is 1. The average Bonchev–Trinajstić information content (AvgIpc) is 2.65. The van der Waals surface area contributed by atoms with Crippen molar-refractivity contribution < 1.29 is 19.1 Å². The Bertz CT molecular complexity index is 700. The number of carbonyl (C=O) groups excluding carboxylic acids is 3. The second-order valence-electron chi connectivity index (χ2n) is 8.61. The van der Waals surface area contributed by atoms with Crippen LogP contribution in [0.5, 0.6) is 0 Å². The number of nitrogens with one attached hydrogen (secondary N) is 3. The molecule has 1 aromatic carbocycles. The fourth-order valence-corrected chi connectivity index (χ4v) is 3.49. The Morgan fingerprint density at radius 3 is 2.48 bits per heavy atom. The van der Waals surface area contributed by atoms with Gasteiger partial charge in [-0.05, 0) is 52.5 Å². The Balaban J connectivity index is 1.77. The lowest BCUT2D eigenvalue weighted by molar-refractivity contribution is -0.154. The summed E-state index contributed by atoms with van der Waals surface area (Å²) in [6.45, 7) is 7.15. The van der Waals surface area contributed by atoms with Gasteiger partial charge in [0.05, 0.1) is 6.04 Å². The van der Waals surface area contributed by atoms with Crippen LogP contribution in [0.25, 0.3) is 0 Å². The first-order chi connectivity index (χ1) is 13.6. The number of esters is 1. The SMILES string of the molecule is CC(NC(=O)NC1CCCC(C(=O)NCC(=O)OC(C)(C)C)C1)c1ccccc1. The van der Waals surface area contributed by atoms with Gasteiger partial charge in [0.2, 0.25) is 5.91 Å². The van der Waals surface area contributed by atoms with Gasteiger partial charge in [-0.25, -0.2) is 4.79 Å². The summed E-state index contributed by atoms with van der Waals surface area (Å²) in [4.78, 5) is 36.5. The molecule has 3 atom stereocenters. The average molecular weight is 404 g/mol. The van der Waals surface area contributed by atoms with Crippen LogP contribution < -0.4 is 16.0 Å². The normalized spacial score (nSPS) is 20.3. The van der Waals surface area contributed by atoms with E-state index in [0.29, 0.717) is 6.42 Å². The molecular formula is C22H33N3O4. The van der Waals surface area contributed by atoms with Crippen LogP contribution in [-0.4, -0.2) is 36.1 Å². The van der Waals surface area contributed by atoms with E-state index >= 15 is 0 Å². The lowest BCUT2D eigenvalue weighted by Gasteiger charge is -2.29. The highest BCUT2D eigenvalue weighted by molar-refractivity contribution is 5.83. The van der Waals surface area contributed by atoms with Crippen LogP contribution in [0, 0.1) is 5.92 Å². The molecule has 0 spiro atoms. The summed E-state index contributed by atoms with van der Waals surface area (Å²) in [6.07, 6.45) is 3.00. The summed E-state index contributed by atoms with van der Waals surface area (Å²) in [7, 11) is 0. The maximum Gasteiger partial charge on any atom is 0.325 e. The summed E-state index contributed by atoms with van der Waals surface area (Å²) in [5.41, 5.74) is 0.456. The molecular weight excluding hydrogens is 370 g/mol. The van der Waals surface area contributed by atoms with Gasteiger partial charge >= 0.3 is 12.0 Å². The topological polar surface area (TPSA) is 96.5 Å². The van der Waals surface area contributed by atoms with E-state index < -0.39 is 11.6 Å². The highest BCUT2D eigenvalue weighted by Crippen LogP contribution is 2.24. The van der Waals surface area contributed by atoms with Crippen molar-refractivity contribution >= 4 is 17.9 Å². The minimum atomic E-state index is -0.577. The summed E-state index contributed by atoms with van der Waals surface area (Å²) < 4.78 is 5.20. The monoisotopic (exact) mass is 403 g/mol. The van der Waals surface area contributed by atoms with Crippen LogP contribution in [0.15, 0.2) is 30.3 Å². The minimum absolute atomic E-state index is 0.0657. The van der Waals surface area contributed by atoms with Crippen LogP contribution in [0.1, 0.15) is 65.0 Å². The standard InChI is InChI=1S/C22H33N3O4/c1-15(16-9-6-5-7-10-16)24-21(28)25-18-12-8-11-17(13-18)20(27)23-14-19(26)29-22(2,3)4/h5-7,9-10,15,17-18H,8,11-14H2,1-4H3,(H,23,27)(H2,24,25,28). The number of hydrogen-bond donors (Lipinski definition) is 3. The third kappa shape index (κ3) is 8.13. The number of rotatable bonds is 6. The molecule has 0 aliphatic heterocycles. The number of amides is 3. The molecule has 0 bridgehead atoms. The number of carbonyl (C=O) groups is 3. The maximum atomic E-state index is 12.4. The van der Waals surface area contributed by atoms with E-state index in [0.717, 1.165) is 24.8 Å². The van der Waals surface area contributed by atoms with Gasteiger partial charge in [0, 0.05) is 12.0 Å². The van der Waals surface area contributed by atoms with Crippen molar-refractivity contribution in [2.75, 3.05) is 6.54 Å². The van der Waals surface area contributed by atoms with E-state index in [4.69, 9.17) is 4.74 Å². The first-order valence-electron chi connectivity index (χ1n) is 10.3. The molecule has 1 aliphatic carbocycles. The molecule has 0 heterocycles. The van der Waals surface area contributed by atoms with Crippen LogP contribution in [0.2, 0.25) is 0 Å². The third-order valence-corrected chi connectivity index (χ3v) is 4.85. The molecule has 1 aliphatic rings. The quantitative estimate of drug-likeness (QED) is 0.636. The molecule has 160 valence electrons. The zero-order valence-corrected chi connectivity index (χ0v) is 17.8. The van der Waals surface area contributed by atoms with E-state index in [-0.39, 0.29) is 36.5 Å². The predicted molar refractivity (Wildman–Crippen MR) is 111 cm³/mol. The molecule has 3 unspecified atom stereocenters. The molecule has 7 nitrogen and oxygen atoms in total. The molecule has 1 saturated carbocycles. The van der Waals surface area contributed by atoms with E-state index in [2.05, 4.69) is 16.0 Å². The van der Waals surface area contributed by atoms with Crippen molar-refractivity contribution in [1.29, 1.82) is 0 Å². The molecule has 1 aromatic rings. The van der Waals surface area contributed by atoms with E-state index in [9.17, 15) is 14.4 Å². The van der Waals surface area contributed by atoms with Crippen LogP contribution in [-0.2, 0) is 14.3 Å². The van der Waals surface area contributed by atoms with Gasteiger partial charge in [0.1, 0.15) is 12.1 Å². The lowest BCUT2D eigenvalue weighted by Crippen LogP contribution is -2.47. The fraction of sp³-hybridized carbons (Fsp3) is 0.591. The number of ether oxygens (including phenoxy) is 1. The Morgan fingerprint density at radius 1 is 1.14 bits per heavy atom. The zero-order valence-electron chi connectivity index (χ0n) is 17.8. The van der Waals surface area contributed by atoms with E-state index in [1.54, 1.807) is 20.8 Å². The zero-order chi connectivity index (χ0) is 21.4. The van der Waals surface area contributed by atoms with E-state index in [1.807, 2.05) is 37.3 Å². The third-order valence-electron chi connectivity index (χ3n) is 4.85. The van der Waals surface area contributed by atoms with Crippen molar-refractivity contribution in [2.24, 2.45) is 5.92 Å². The molecule has 29 heavy (non-hydrogen) atoms. The summed E-state index contributed by atoms with van der Waals surface area (Å²) in [5, 5.41) is 8.58. The second kappa shape index (κ2) is 10.3. The van der Waals surface area contributed by atoms with Gasteiger partial charge in [0.15, 0.2) is 0 Å². The molecule has 0 aromatic heterocycles. The molecule has 3 N–H and O–H groups in total. The van der Waals surface area contributed by atoms with Crippen molar-refractivity contribution in [1.82, 2.24) is 16.0 Å². The first kappa shape index (κ1) is 22.7. The van der Waals surface area contributed by atoms with E-state index in [1.165, 1.54) is 0 Å². The van der Waals surface area contributed by atoms with Crippen molar-refractivity contribution in [3.05, 3.63) is 35.9 Å². The number of hydrogen-bond acceptors (Lipinski definition) is 4. The first-order valence-corrected chi connectivity index (χ1v) is 10.3. The van der Waals surface area contributed by atoms with Gasteiger partial charge in [-0.15, -0.1) is 0 Å². The summed E-state index contributed by atoms with van der Waals surface area (Å²) in [6, 6.07) is 9.34. The summed E-state index contributed by atoms with van der Waals surface area (Å²) >= 11 is 0. The summed E-state index contributed by atoms with van der Waals surface area (Å²) in [5.74, 6) is -0.839. The van der Waals surface area contributed by atoms with Gasteiger partial charge in [-0.2, -0.15) is 0 Å². The molecule has 2 rings (SSSR count). The molecule has 0 radical (unpaired) electrons. The smallest absolute Gasteiger partial charge is 0.325 e. The van der Waals surface area contributed by atoms with Crippen LogP contribution in [0.4, 0.5) is 4.79 Å². The van der Waals surface area contributed by atoms with Crippen LogP contribution in [0.3, 0.4) is 0 Å². The maximum absolute atomic E-state index is 12.4. The van der Waals surface area contributed by atoms with Gasteiger partial charge in [-0.3, -0.25) is 9.59 Å². The molecule has 0 saturated heterocycles. The highest BCUT2D eigenvalue weighted by atomic mass is 16.6. The lowest BCUT2D eigenvalue weighted by atomic mass is 9.85. The van der Waals surface area contributed by atoms with Crippen molar-refractivity contribution in [3.63, 3.8) is 0 Å². The Labute approximate surface area is 173 Å². The van der Waals surface area contributed by atoms with Gasteiger partial charge in [-0.1, -0.05) is 36.8 Å². The van der Waals surface area contributed by atoms with Crippen molar-refractivity contribution in [3.8, 4) is 0 Å². The molecule has 1 fully saturated rings. The minimum Gasteiger partial charge on any atom is -0.459 e.